The highest BCUT2D eigenvalue weighted by Gasteiger charge is 2.24. The lowest BCUT2D eigenvalue weighted by molar-refractivity contribution is -0.122. The molecule has 1 unspecified atom stereocenters. The predicted octanol–water partition coefficient (Wildman–Crippen LogP) is 3.62. The van der Waals surface area contributed by atoms with E-state index in [2.05, 4.69) is 44.5 Å². The molecule has 5 nitrogen and oxygen atoms in total. The second-order valence-electron chi connectivity index (χ2n) is 7.71. The van der Waals surface area contributed by atoms with Gasteiger partial charge in [-0.2, -0.15) is 0 Å². The Morgan fingerprint density at radius 1 is 1.10 bits per heavy atom. The molecule has 4 rings (SSSR count). The largest absolute Gasteiger partial charge is 0.355 e. The van der Waals surface area contributed by atoms with Crippen LogP contribution in [0, 0.1) is 0 Å². The van der Waals surface area contributed by atoms with E-state index in [0.29, 0.717) is 19.0 Å². The van der Waals surface area contributed by atoms with Crippen molar-refractivity contribution in [3.05, 3.63) is 78.2 Å². The van der Waals surface area contributed by atoms with Crippen molar-refractivity contribution in [1.82, 2.24) is 20.2 Å². The predicted molar refractivity (Wildman–Crippen MR) is 116 cm³/mol. The van der Waals surface area contributed by atoms with Crippen molar-refractivity contribution in [2.24, 2.45) is 0 Å². The Bertz CT molecular complexity index is 907. The van der Waals surface area contributed by atoms with E-state index in [4.69, 9.17) is 0 Å². The highest BCUT2D eigenvalue weighted by Crippen LogP contribution is 2.26. The molecule has 2 heterocycles. The number of amides is 1. The van der Waals surface area contributed by atoms with Crippen LogP contribution in [0.1, 0.15) is 30.1 Å². The topological polar surface area (TPSA) is 61.0 Å². The van der Waals surface area contributed by atoms with Gasteiger partial charge in [0.25, 0.3) is 0 Å². The first-order valence-electron chi connectivity index (χ1n) is 10.4. The van der Waals surface area contributed by atoms with Gasteiger partial charge in [0, 0.05) is 19.0 Å². The van der Waals surface area contributed by atoms with Gasteiger partial charge in [-0.25, -0.2) is 4.98 Å². The molecular weight excluding hydrogens is 360 g/mol. The van der Waals surface area contributed by atoms with Gasteiger partial charge in [0.1, 0.15) is 5.82 Å². The van der Waals surface area contributed by atoms with E-state index in [0.717, 1.165) is 49.4 Å². The summed E-state index contributed by atoms with van der Waals surface area (Å²) in [6.45, 7) is 2.97. The summed E-state index contributed by atoms with van der Waals surface area (Å²) < 4.78 is 0. The fourth-order valence-electron chi connectivity index (χ4n) is 3.98. The summed E-state index contributed by atoms with van der Waals surface area (Å²) in [5, 5.41) is 3.05. The molecule has 5 heteroatoms. The van der Waals surface area contributed by atoms with Crippen LogP contribution < -0.4 is 5.32 Å². The SMILES string of the molecule is O=C(CN1CCCC(c2ncc(-c3ccccc3)[nH]2)C1)NCCc1ccccc1. The lowest BCUT2D eigenvalue weighted by Crippen LogP contribution is -2.42. The molecule has 0 aliphatic carbocycles. The van der Waals surface area contributed by atoms with Crippen LogP contribution in [-0.2, 0) is 11.2 Å². The molecule has 150 valence electrons. The summed E-state index contributed by atoms with van der Waals surface area (Å²) in [7, 11) is 0. The maximum absolute atomic E-state index is 12.4. The fraction of sp³-hybridized carbons (Fsp3) is 0.333. The number of imidazole rings is 1. The van der Waals surface area contributed by atoms with E-state index in [1.807, 2.05) is 42.6 Å². The van der Waals surface area contributed by atoms with Crippen molar-refractivity contribution < 1.29 is 4.79 Å². The van der Waals surface area contributed by atoms with Gasteiger partial charge < -0.3 is 10.3 Å². The molecule has 2 aromatic carbocycles. The number of carbonyl (C=O) groups excluding carboxylic acids is 1. The zero-order valence-electron chi connectivity index (χ0n) is 16.7. The first-order chi connectivity index (χ1) is 14.3. The van der Waals surface area contributed by atoms with Crippen molar-refractivity contribution in [3.63, 3.8) is 0 Å². The highest BCUT2D eigenvalue weighted by molar-refractivity contribution is 5.78. The molecule has 2 N–H and O–H groups in total. The number of hydrogen-bond donors (Lipinski definition) is 2. The molecule has 1 atom stereocenters. The van der Waals surface area contributed by atoms with E-state index in [1.165, 1.54) is 5.56 Å². The van der Waals surface area contributed by atoms with Gasteiger partial charge in [-0.3, -0.25) is 9.69 Å². The molecular formula is C24H28N4O. The number of rotatable bonds is 7. The van der Waals surface area contributed by atoms with Gasteiger partial charge in [0.2, 0.25) is 5.91 Å². The second-order valence-corrected chi connectivity index (χ2v) is 7.71. The average molecular weight is 389 g/mol. The van der Waals surface area contributed by atoms with Gasteiger partial charge in [0.15, 0.2) is 0 Å². The lowest BCUT2D eigenvalue weighted by Gasteiger charge is -2.31. The minimum Gasteiger partial charge on any atom is -0.355 e. The standard InChI is InChI=1S/C24H28N4O/c29-23(25-14-13-19-8-3-1-4-9-19)18-28-15-7-12-21(17-28)24-26-16-22(27-24)20-10-5-2-6-11-20/h1-6,8-11,16,21H,7,12-15,17-18H2,(H,25,29)(H,26,27). The molecule has 1 aromatic heterocycles. The zero-order valence-corrected chi connectivity index (χ0v) is 16.7. The Hall–Kier alpha value is -2.92. The highest BCUT2D eigenvalue weighted by atomic mass is 16.2. The number of piperidine rings is 1. The molecule has 0 spiro atoms. The Balaban J connectivity index is 1.27. The van der Waals surface area contributed by atoms with E-state index in [1.54, 1.807) is 0 Å². The Morgan fingerprint density at radius 2 is 1.86 bits per heavy atom. The quantitative estimate of drug-likeness (QED) is 0.650. The van der Waals surface area contributed by atoms with Crippen LogP contribution in [0.4, 0.5) is 0 Å². The molecule has 1 saturated heterocycles. The van der Waals surface area contributed by atoms with Gasteiger partial charge in [-0.15, -0.1) is 0 Å². The number of carbonyl (C=O) groups is 1. The minimum atomic E-state index is 0.103. The minimum absolute atomic E-state index is 0.103. The number of aromatic amines is 1. The maximum Gasteiger partial charge on any atom is 0.234 e. The van der Waals surface area contributed by atoms with Gasteiger partial charge in [-0.1, -0.05) is 60.7 Å². The third-order valence-corrected chi connectivity index (χ3v) is 5.52. The fourth-order valence-corrected chi connectivity index (χ4v) is 3.98. The van der Waals surface area contributed by atoms with Crippen LogP contribution in [0.15, 0.2) is 66.9 Å². The number of nitrogens with zero attached hydrogens (tertiary/aromatic N) is 2. The van der Waals surface area contributed by atoms with Crippen LogP contribution in [0.5, 0.6) is 0 Å². The molecule has 1 aliphatic rings. The van der Waals surface area contributed by atoms with Crippen LogP contribution in [0.25, 0.3) is 11.3 Å². The van der Waals surface area contributed by atoms with Crippen LogP contribution in [0.3, 0.4) is 0 Å². The van der Waals surface area contributed by atoms with Crippen molar-refractivity contribution >= 4 is 5.91 Å². The van der Waals surface area contributed by atoms with Gasteiger partial charge in [0.05, 0.1) is 18.4 Å². The van der Waals surface area contributed by atoms with Crippen molar-refractivity contribution in [3.8, 4) is 11.3 Å². The van der Waals surface area contributed by atoms with Gasteiger partial charge >= 0.3 is 0 Å². The second kappa shape index (κ2) is 9.52. The van der Waals surface area contributed by atoms with Crippen molar-refractivity contribution in [1.29, 1.82) is 0 Å². The van der Waals surface area contributed by atoms with Crippen LogP contribution in [-0.4, -0.2) is 47.0 Å². The van der Waals surface area contributed by atoms with E-state index in [-0.39, 0.29) is 5.91 Å². The van der Waals surface area contributed by atoms with E-state index < -0.39 is 0 Å². The normalized spacial score (nSPS) is 17.2. The van der Waals surface area contributed by atoms with E-state index in [9.17, 15) is 4.79 Å². The maximum atomic E-state index is 12.4. The van der Waals surface area contributed by atoms with Crippen LogP contribution >= 0.6 is 0 Å². The molecule has 0 bridgehead atoms. The number of likely N-dealkylation sites (tertiary alicyclic amines) is 1. The van der Waals surface area contributed by atoms with Crippen molar-refractivity contribution in [2.45, 2.75) is 25.2 Å². The van der Waals surface area contributed by atoms with Crippen molar-refractivity contribution in [2.75, 3.05) is 26.2 Å². The molecule has 0 radical (unpaired) electrons. The molecule has 1 amide bonds. The Kier molecular flexibility index (Phi) is 6.37. The summed E-state index contributed by atoms with van der Waals surface area (Å²) in [4.78, 5) is 22.7. The number of hydrogen-bond acceptors (Lipinski definition) is 3. The monoisotopic (exact) mass is 388 g/mol. The molecule has 0 saturated carbocycles. The summed E-state index contributed by atoms with van der Waals surface area (Å²) in [6, 6.07) is 20.5. The molecule has 1 fully saturated rings. The Morgan fingerprint density at radius 3 is 2.66 bits per heavy atom. The summed E-state index contributed by atoms with van der Waals surface area (Å²) in [5.41, 5.74) is 3.45. The Labute approximate surface area is 172 Å². The third-order valence-electron chi connectivity index (χ3n) is 5.52. The number of aromatic nitrogens is 2. The van der Waals surface area contributed by atoms with Gasteiger partial charge in [-0.05, 0) is 36.9 Å². The smallest absolute Gasteiger partial charge is 0.234 e. The van der Waals surface area contributed by atoms with E-state index >= 15 is 0 Å². The third kappa shape index (κ3) is 5.33. The first kappa shape index (κ1) is 19.4. The summed E-state index contributed by atoms with van der Waals surface area (Å²) in [6.07, 6.45) is 4.97. The molecule has 29 heavy (non-hydrogen) atoms. The number of benzene rings is 2. The zero-order chi connectivity index (χ0) is 19.9. The summed E-state index contributed by atoms with van der Waals surface area (Å²) in [5.74, 6) is 1.47. The number of H-pyrrole nitrogens is 1. The van der Waals surface area contributed by atoms with Crippen LogP contribution in [0.2, 0.25) is 0 Å². The lowest BCUT2D eigenvalue weighted by atomic mass is 9.97. The summed E-state index contributed by atoms with van der Waals surface area (Å²) >= 11 is 0. The molecule has 1 aliphatic heterocycles. The molecule has 3 aromatic rings. The average Bonchev–Trinajstić information content (AvgIpc) is 3.26. The first-order valence-corrected chi connectivity index (χ1v) is 10.4. The number of nitrogens with one attached hydrogen (secondary N) is 2.